The first-order valence-electron chi connectivity index (χ1n) is 8.75. The van der Waals surface area contributed by atoms with Gasteiger partial charge in [0.2, 0.25) is 0 Å². The molecule has 2 bridgehead atoms. The predicted octanol–water partition coefficient (Wildman–Crippen LogP) is 1.10. The van der Waals surface area contributed by atoms with Gasteiger partial charge >= 0.3 is 0 Å². The van der Waals surface area contributed by atoms with Crippen molar-refractivity contribution in [3.8, 4) is 5.75 Å². The van der Waals surface area contributed by atoms with Gasteiger partial charge in [0.25, 0.3) is 5.91 Å². The molecule has 0 saturated carbocycles. The van der Waals surface area contributed by atoms with Gasteiger partial charge in [-0.1, -0.05) is 12.1 Å². The van der Waals surface area contributed by atoms with E-state index in [1.165, 1.54) is 19.3 Å². The number of nitrogens with zero attached hydrogens (tertiary/aromatic N) is 1. The van der Waals surface area contributed by atoms with Crippen LogP contribution in [0.15, 0.2) is 24.3 Å². The largest absolute Gasteiger partial charge is 0.492 e. The second kappa shape index (κ2) is 7.21. The van der Waals surface area contributed by atoms with E-state index in [1.807, 2.05) is 6.07 Å². The third-order valence-corrected chi connectivity index (χ3v) is 5.35. The van der Waals surface area contributed by atoms with E-state index in [0.717, 1.165) is 30.0 Å². The maximum absolute atomic E-state index is 12.2. The molecule has 4 N–H and O–H groups in total. The lowest BCUT2D eigenvalue weighted by molar-refractivity contribution is -0.935. The summed E-state index contributed by atoms with van der Waals surface area (Å²) in [5, 5.41) is 10.4. The first kappa shape index (κ1) is 16.8. The number of amides is 1. The number of nitrogens with two attached hydrogens (primary N) is 1. The number of hydrogen-bond donors (Lipinski definition) is 3. The molecule has 0 radical (unpaired) electrons. The first-order valence-corrected chi connectivity index (χ1v) is 8.75. The van der Waals surface area contributed by atoms with Gasteiger partial charge in [0.05, 0.1) is 26.2 Å². The molecule has 0 aliphatic carbocycles. The minimum absolute atomic E-state index is 0.0213. The molecule has 3 saturated heterocycles. The number of hydrogen-bond acceptors (Lipinski definition) is 3. The molecule has 0 spiro atoms. The summed E-state index contributed by atoms with van der Waals surface area (Å²) in [6.07, 6.45) is 3.84. The number of nitrogen functional groups attached to an aromatic ring is 1. The van der Waals surface area contributed by atoms with Gasteiger partial charge in [-0.2, -0.15) is 0 Å². The number of carbonyl (C=O) groups is 1. The number of amidine groups is 1. The van der Waals surface area contributed by atoms with Gasteiger partial charge in [-0.25, -0.2) is 0 Å². The van der Waals surface area contributed by atoms with Gasteiger partial charge in [0.1, 0.15) is 18.2 Å². The van der Waals surface area contributed by atoms with Crippen LogP contribution in [0.1, 0.15) is 24.8 Å². The zero-order valence-electron chi connectivity index (χ0n) is 14.1. The fraction of sp³-hybridized carbons (Fsp3) is 0.556. The Morgan fingerprint density at radius 1 is 1.29 bits per heavy atom. The van der Waals surface area contributed by atoms with Gasteiger partial charge in [0.15, 0.2) is 6.54 Å². The molecule has 1 aromatic rings. The highest BCUT2D eigenvalue weighted by Crippen LogP contribution is 2.33. The van der Waals surface area contributed by atoms with Crippen molar-refractivity contribution in [3.05, 3.63) is 29.8 Å². The maximum atomic E-state index is 12.2. The third-order valence-electron chi connectivity index (χ3n) is 5.35. The second-order valence-corrected chi connectivity index (χ2v) is 7.04. The van der Waals surface area contributed by atoms with Gasteiger partial charge in [-0.15, -0.1) is 0 Å². The van der Waals surface area contributed by atoms with Gasteiger partial charge < -0.3 is 20.3 Å². The Kier molecular flexibility index (Phi) is 5.04. The van der Waals surface area contributed by atoms with Crippen LogP contribution in [-0.2, 0) is 4.79 Å². The standard InChI is InChI=1S/C18H26N4O2/c19-18(20)15-2-1-3-16(12-15)24-11-7-21-17(23)13-22-8-4-14(5-9-22)6-10-22/h1-3,12,14H,4-11,13H2,(H3-,19,20,21,23)/p+1. The minimum Gasteiger partial charge on any atom is -0.492 e. The van der Waals surface area contributed by atoms with Crippen molar-refractivity contribution >= 4 is 11.7 Å². The number of piperidine rings is 3. The van der Waals surface area contributed by atoms with Crippen molar-refractivity contribution in [1.82, 2.24) is 5.32 Å². The molecule has 3 aliphatic heterocycles. The zero-order chi connectivity index (χ0) is 17.0. The molecule has 24 heavy (non-hydrogen) atoms. The van der Waals surface area contributed by atoms with Gasteiger partial charge in [0, 0.05) is 5.56 Å². The Balaban J connectivity index is 1.39. The Bertz CT molecular complexity index is 595. The summed E-state index contributed by atoms with van der Waals surface area (Å²) >= 11 is 0. The molecular formula is C18H27N4O2+. The fourth-order valence-corrected chi connectivity index (χ4v) is 3.85. The highest BCUT2D eigenvalue weighted by Gasteiger charge is 2.40. The average molecular weight is 331 g/mol. The van der Waals surface area contributed by atoms with E-state index < -0.39 is 0 Å². The van der Waals surface area contributed by atoms with E-state index >= 15 is 0 Å². The fourth-order valence-electron chi connectivity index (χ4n) is 3.85. The van der Waals surface area contributed by atoms with Crippen LogP contribution in [0.2, 0.25) is 0 Å². The Morgan fingerprint density at radius 2 is 2.00 bits per heavy atom. The van der Waals surface area contributed by atoms with E-state index in [0.29, 0.717) is 31.0 Å². The summed E-state index contributed by atoms with van der Waals surface area (Å²) in [5.74, 6) is 1.72. The summed E-state index contributed by atoms with van der Waals surface area (Å²) in [6.45, 7) is 4.98. The van der Waals surface area contributed by atoms with Gasteiger partial charge in [-0.05, 0) is 37.3 Å². The third kappa shape index (κ3) is 4.06. The molecule has 6 nitrogen and oxygen atoms in total. The van der Waals surface area contributed by atoms with E-state index in [1.54, 1.807) is 18.2 Å². The lowest BCUT2D eigenvalue weighted by atomic mass is 9.86. The summed E-state index contributed by atoms with van der Waals surface area (Å²) in [4.78, 5) is 12.2. The van der Waals surface area contributed by atoms with Crippen LogP contribution >= 0.6 is 0 Å². The monoisotopic (exact) mass is 331 g/mol. The molecule has 0 atom stereocenters. The summed E-state index contributed by atoms with van der Waals surface area (Å²) in [5.41, 5.74) is 6.10. The Labute approximate surface area is 143 Å². The van der Waals surface area contributed by atoms with Crippen LogP contribution in [0.3, 0.4) is 0 Å². The molecule has 0 unspecified atom stereocenters. The minimum atomic E-state index is 0.0213. The molecule has 1 aromatic carbocycles. The van der Waals surface area contributed by atoms with Crippen molar-refractivity contribution in [2.45, 2.75) is 19.3 Å². The van der Waals surface area contributed by atoms with Crippen LogP contribution in [0, 0.1) is 11.3 Å². The van der Waals surface area contributed by atoms with Crippen molar-refractivity contribution in [2.75, 3.05) is 39.3 Å². The second-order valence-electron chi connectivity index (χ2n) is 7.04. The van der Waals surface area contributed by atoms with E-state index in [4.69, 9.17) is 15.9 Å². The van der Waals surface area contributed by atoms with E-state index in [2.05, 4.69) is 5.32 Å². The molecule has 1 amide bonds. The normalized spacial score (nSPS) is 25.2. The topological polar surface area (TPSA) is 88.2 Å². The SMILES string of the molecule is N=C(N)c1cccc(OCCNC(=O)C[N+]23CCC(CC2)CC3)c1. The number of nitrogens with one attached hydrogen (secondary N) is 2. The molecular weight excluding hydrogens is 304 g/mol. The zero-order valence-corrected chi connectivity index (χ0v) is 14.1. The van der Waals surface area contributed by atoms with Crippen LogP contribution in [0.25, 0.3) is 0 Å². The lowest BCUT2D eigenvalue weighted by Gasteiger charge is -2.48. The summed E-state index contributed by atoms with van der Waals surface area (Å²) in [7, 11) is 0. The lowest BCUT2D eigenvalue weighted by Crippen LogP contribution is -2.61. The van der Waals surface area contributed by atoms with Crippen LogP contribution in [0.5, 0.6) is 5.75 Å². The van der Waals surface area contributed by atoms with Gasteiger partial charge in [-0.3, -0.25) is 10.2 Å². The van der Waals surface area contributed by atoms with Crippen molar-refractivity contribution in [3.63, 3.8) is 0 Å². The Morgan fingerprint density at radius 3 is 2.67 bits per heavy atom. The van der Waals surface area contributed by atoms with Crippen molar-refractivity contribution in [2.24, 2.45) is 11.7 Å². The molecule has 0 aromatic heterocycles. The van der Waals surface area contributed by atoms with E-state index in [9.17, 15) is 4.79 Å². The molecule has 4 rings (SSSR count). The predicted molar refractivity (Wildman–Crippen MR) is 93.0 cm³/mol. The highest BCUT2D eigenvalue weighted by molar-refractivity contribution is 5.95. The van der Waals surface area contributed by atoms with Crippen LogP contribution in [-0.4, -0.2) is 55.6 Å². The van der Waals surface area contributed by atoms with Crippen molar-refractivity contribution < 1.29 is 14.0 Å². The maximum Gasteiger partial charge on any atom is 0.275 e. The molecule has 6 heteroatoms. The molecule has 3 aliphatic rings. The summed E-state index contributed by atoms with van der Waals surface area (Å²) < 4.78 is 6.60. The number of carbonyl (C=O) groups excluding carboxylic acids is 1. The number of quaternary nitrogens is 1. The highest BCUT2D eigenvalue weighted by atomic mass is 16.5. The quantitative estimate of drug-likeness (QED) is 0.302. The number of rotatable bonds is 7. The Hall–Kier alpha value is -2.08. The molecule has 3 heterocycles. The number of fused-ring (bicyclic) bond motifs is 3. The number of ether oxygens (including phenoxy) is 1. The van der Waals surface area contributed by atoms with Crippen LogP contribution < -0.4 is 15.8 Å². The molecule has 3 fully saturated rings. The van der Waals surface area contributed by atoms with E-state index in [-0.39, 0.29) is 11.7 Å². The number of benzene rings is 1. The average Bonchev–Trinajstić information content (AvgIpc) is 2.60. The van der Waals surface area contributed by atoms with Crippen LogP contribution in [0.4, 0.5) is 0 Å². The smallest absolute Gasteiger partial charge is 0.275 e. The first-order chi connectivity index (χ1) is 11.6. The molecule has 130 valence electrons. The van der Waals surface area contributed by atoms with Crippen molar-refractivity contribution in [1.29, 1.82) is 5.41 Å². The summed E-state index contributed by atoms with van der Waals surface area (Å²) in [6, 6.07) is 7.14.